The van der Waals surface area contributed by atoms with Crippen LogP contribution >= 0.6 is 15.9 Å². The van der Waals surface area contributed by atoms with Crippen LogP contribution in [0.15, 0.2) is 47.1 Å². The van der Waals surface area contributed by atoms with Gasteiger partial charge in [0.2, 0.25) is 5.91 Å². The first-order valence-corrected chi connectivity index (χ1v) is 13.5. The Bertz CT molecular complexity index is 1220. The van der Waals surface area contributed by atoms with Crippen molar-refractivity contribution < 1.29 is 19.7 Å². The van der Waals surface area contributed by atoms with Gasteiger partial charge in [-0.25, -0.2) is 0 Å². The summed E-state index contributed by atoms with van der Waals surface area (Å²) in [5.74, 6) is 0.519. The van der Waals surface area contributed by atoms with Crippen LogP contribution in [-0.4, -0.2) is 58.3 Å². The second-order valence-corrected chi connectivity index (χ2v) is 10.9. The van der Waals surface area contributed by atoms with Gasteiger partial charge in [-0.1, -0.05) is 6.07 Å². The van der Waals surface area contributed by atoms with E-state index < -0.39 is 12.0 Å². The fourth-order valence-corrected chi connectivity index (χ4v) is 6.06. The van der Waals surface area contributed by atoms with Crippen LogP contribution in [0.1, 0.15) is 48.5 Å². The van der Waals surface area contributed by atoms with Crippen molar-refractivity contribution in [1.82, 2.24) is 9.78 Å². The van der Waals surface area contributed by atoms with Gasteiger partial charge in [0.25, 0.3) is 0 Å². The van der Waals surface area contributed by atoms with Crippen molar-refractivity contribution in [2.45, 2.75) is 44.2 Å². The van der Waals surface area contributed by atoms with E-state index >= 15 is 0 Å². The predicted octanol–water partition coefficient (Wildman–Crippen LogP) is 3.89. The van der Waals surface area contributed by atoms with E-state index in [1.807, 2.05) is 0 Å². The molecule has 1 aliphatic heterocycles. The second kappa shape index (κ2) is 10.8. The summed E-state index contributed by atoms with van der Waals surface area (Å²) in [6.07, 6.45) is 6.56. The Morgan fingerprint density at radius 3 is 2.75 bits per heavy atom. The van der Waals surface area contributed by atoms with Gasteiger partial charge < -0.3 is 25.6 Å². The van der Waals surface area contributed by atoms with Gasteiger partial charge in [0.05, 0.1) is 23.3 Å². The lowest BCUT2D eigenvalue weighted by Gasteiger charge is -2.27. The van der Waals surface area contributed by atoms with Gasteiger partial charge in [0.1, 0.15) is 12.4 Å². The van der Waals surface area contributed by atoms with Crippen LogP contribution in [0.3, 0.4) is 0 Å². The van der Waals surface area contributed by atoms with Crippen LogP contribution in [0.25, 0.3) is 10.9 Å². The number of hydrogen-bond acceptors (Lipinski definition) is 6. The molecule has 8 nitrogen and oxygen atoms in total. The van der Waals surface area contributed by atoms with Crippen molar-refractivity contribution in [3.63, 3.8) is 0 Å². The summed E-state index contributed by atoms with van der Waals surface area (Å²) < 4.78 is 8.88. The number of ether oxygens (including phenoxy) is 1. The van der Waals surface area contributed by atoms with Crippen LogP contribution in [-0.2, 0) is 0 Å². The number of amides is 1. The molecule has 1 saturated heterocycles. The third kappa shape index (κ3) is 5.38. The van der Waals surface area contributed by atoms with E-state index in [1.54, 1.807) is 24.3 Å². The number of benzene rings is 2. The smallest absolute Gasteiger partial charge is 0.248 e. The number of hydrogen-bond donors (Lipinski definition) is 3. The zero-order valence-electron chi connectivity index (χ0n) is 20.2. The van der Waals surface area contributed by atoms with Crippen molar-refractivity contribution in [2.75, 3.05) is 31.2 Å². The van der Waals surface area contributed by atoms with E-state index in [0.29, 0.717) is 23.3 Å². The molecule has 192 valence electrons. The van der Waals surface area contributed by atoms with Crippen LogP contribution < -0.4 is 15.4 Å². The lowest BCUT2D eigenvalue weighted by atomic mass is 9.87. The summed E-state index contributed by atoms with van der Waals surface area (Å²) in [6.45, 7) is 2.00. The highest BCUT2D eigenvalue weighted by Gasteiger charge is 2.30. The Balaban J connectivity index is 1.22. The van der Waals surface area contributed by atoms with Gasteiger partial charge in [-0.05, 0) is 84.3 Å². The highest BCUT2D eigenvalue weighted by atomic mass is 79.9. The Hall–Kier alpha value is -2.62. The van der Waals surface area contributed by atoms with E-state index in [0.717, 1.165) is 66.3 Å². The number of carbonyl (C=O) groups excluding carboxylic acids is 1. The molecule has 2 aliphatic rings. The summed E-state index contributed by atoms with van der Waals surface area (Å²) in [5, 5.41) is 26.2. The van der Waals surface area contributed by atoms with E-state index in [2.05, 4.69) is 43.8 Å². The molecule has 4 N–H and O–H groups in total. The summed E-state index contributed by atoms with van der Waals surface area (Å²) in [7, 11) is 0. The number of anilines is 1. The topological polar surface area (TPSA) is 114 Å². The maximum Gasteiger partial charge on any atom is 0.248 e. The van der Waals surface area contributed by atoms with Crippen LogP contribution in [0.5, 0.6) is 5.75 Å². The first kappa shape index (κ1) is 25.0. The molecule has 2 aromatic carbocycles. The van der Waals surface area contributed by atoms with Gasteiger partial charge in [-0.15, -0.1) is 0 Å². The fourth-order valence-electron chi connectivity index (χ4n) is 5.45. The van der Waals surface area contributed by atoms with Crippen molar-refractivity contribution in [2.24, 2.45) is 17.6 Å². The minimum absolute atomic E-state index is 0.0752. The third-order valence-electron chi connectivity index (χ3n) is 7.69. The van der Waals surface area contributed by atoms with E-state index in [9.17, 15) is 15.0 Å². The van der Waals surface area contributed by atoms with E-state index in [1.165, 1.54) is 0 Å². The number of fused-ring (bicyclic) bond motifs is 1. The summed E-state index contributed by atoms with van der Waals surface area (Å²) >= 11 is 3.76. The Labute approximate surface area is 219 Å². The number of rotatable bonds is 8. The number of primary amides is 1. The maximum atomic E-state index is 11.4. The quantitative estimate of drug-likeness (QED) is 0.388. The maximum absolute atomic E-state index is 11.4. The van der Waals surface area contributed by atoms with Gasteiger partial charge >= 0.3 is 0 Å². The van der Waals surface area contributed by atoms with Crippen molar-refractivity contribution >= 4 is 38.4 Å². The number of aliphatic hydroxyl groups is 2. The average molecular weight is 557 g/mol. The van der Waals surface area contributed by atoms with Gasteiger partial charge in [-0.2, -0.15) is 5.10 Å². The van der Waals surface area contributed by atoms with Crippen LogP contribution in [0, 0.1) is 11.8 Å². The fraction of sp³-hybridized carbons (Fsp3) is 0.481. The molecule has 1 unspecified atom stereocenters. The highest BCUT2D eigenvalue weighted by Crippen LogP contribution is 2.37. The monoisotopic (exact) mass is 556 g/mol. The minimum atomic E-state index is -0.622. The largest absolute Gasteiger partial charge is 0.491 e. The second-order valence-electron chi connectivity index (χ2n) is 10.1. The van der Waals surface area contributed by atoms with Crippen molar-refractivity contribution in [1.29, 1.82) is 0 Å². The van der Waals surface area contributed by atoms with Crippen LogP contribution in [0.4, 0.5) is 5.69 Å². The number of carbonyl (C=O) groups is 1. The van der Waals surface area contributed by atoms with Gasteiger partial charge in [-0.3, -0.25) is 9.48 Å². The zero-order chi connectivity index (χ0) is 25.2. The molecule has 0 spiro atoms. The molecular weight excluding hydrogens is 524 g/mol. The zero-order valence-corrected chi connectivity index (χ0v) is 21.8. The summed E-state index contributed by atoms with van der Waals surface area (Å²) in [6, 6.07) is 11.4. The molecule has 1 amide bonds. The molecule has 0 bridgehead atoms. The van der Waals surface area contributed by atoms with Crippen LogP contribution in [0.2, 0.25) is 0 Å². The summed E-state index contributed by atoms with van der Waals surface area (Å²) in [4.78, 5) is 13.7. The third-order valence-corrected chi connectivity index (χ3v) is 8.32. The lowest BCUT2D eigenvalue weighted by Crippen LogP contribution is -2.30. The molecule has 1 aliphatic carbocycles. The number of aromatic nitrogens is 2. The molecular formula is C27H33BrN4O4. The highest BCUT2D eigenvalue weighted by molar-refractivity contribution is 9.10. The predicted molar refractivity (Wildman–Crippen MR) is 142 cm³/mol. The van der Waals surface area contributed by atoms with Gasteiger partial charge in [0, 0.05) is 47.2 Å². The molecule has 5 rings (SSSR count). The number of nitrogens with two attached hydrogens (primary N) is 1. The Morgan fingerprint density at radius 2 is 2.00 bits per heavy atom. The average Bonchev–Trinajstić information content (AvgIpc) is 3.54. The van der Waals surface area contributed by atoms with E-state index in [-0.39, 0.29) is 19.1 Å². The molecule has 2 atom stereocenters. The number of nitrogens with zero attached hydrogens (tertiary/aromatic N) is 3. The van der Waals surface area contributed by atoms with Crippen molar-refractivity contribution in [3.05, 3.63) is 52.6 Å². The molecule has 9 heteroatoms. The first-order chi connectivity index (χ1) is 17.4. The minimum Gasteiger partial charge on any atom is -0.491 e. The van der Waals surface area contributed by atoms with E-state index in [4.69, 9.17) is 15.6 Å². The standard InChI is InChI=1S/C27H33BrN4O4/c28-23-11-20-14-32(21-6-4-17(15-33)5-7-21)30-24(20)12-25(23)31-9-8-19(13-31)26(34)16-36-22-3-1-2-18(10-22)27(29)35/h1-3,10-12,14,17,19,21,26,33-34H,4-9,13,15-16H2,(H2,29,35)/t17?,19-,21?,26?/m0/s1. The molecule has 0 radical (unpaired) electrons. The molecule has 3 aromatic rings. The molecule has 1 aromatic heterocycles. The lowest BCUT2D eigenvalue weighted by molar-refractivity contribution is 0.0646. The number of aliphatic hydroxyl groups excluding tert-OH is 2. The molecule has 36 heavy (non-hydrogen) atoms. The normalized spacial score (nSPS) is 23.2. The molecule has 1 saturated carbocycles. The number of halogens is 1. The summed E-state index contributed by atoms with van der Waals surface area (Å²) in [5.41, 5.74) is 7.78. The molecule has 2 fully saturated rings. The Morgan fingerprint density at radius 1 is 1.19 bits per heavy atom. The first-order valence-electron chi connectivity index (χ1n) is 12.7. The Kier molecular flexibility index (Phi) is 7.50. The van der Waals surface area contributed by atoms with Crippen molar-refractivity contribution in [3.8, 4) is 5.75 Å². The SMILES string of the molecule is NC(=O)c1cccc(OCC(O)[C@H]2CCN(c3cc4nn(C5CCC(CO)CC5)cc4cc3Br)C2)c1. The molecule has 2 heterocycles. The van der Waals surface area contributed by atoms with Gasteiger partial charge in [0.15, 0.2) is 0 Å².